The summed E-state index contributed by atoms with van der Waals surface area (Å²) in [6.07, 6.45) is 0. The Morgan fingerprint density at radius 3 is 2.00 bits per heavy atom. The van der Waals surface area contributed by atoms with Crippen LogP contribution in [-0.4, -0.2) is 0 Å². The number of hydrogen-bond donors (Lipinski definition) is 0. The second kappa shape index (κ2) is 3.24. The first kappa shape index (κ1) is 6.04. The van der Waals surface area contributed by atoms with Crippen LogP contribution < -0.4 is 0 Å². The molecule has 0 bridgehead atoms. The van der Waals surface area contributed by atoms with Gasteiger partial charge in [-0.1, -0.05) is 19.8 Å². The van der Waals surface area contributed by atoms with Crippen LogP contribution in [0.3, 0.4) is 0 Å². The molecule has 0 saturated carbocycles. The van der Waals surface area contributed by atoms with Gasteiger partial charge < -0.3 is 0 Å². The molecule has 0 aliphatic rings. The Balaban J connectivity index is 3.20. The van der Waals surface area contributed by atoms with Crippen molar-refractivity contribution in [3.8, 4) is 10.8 Å². The standard InChI is InChI=1S/C5H7Br/c1-5(2)3-4-6/h5H,1-2H3. The molecule has 0 aliphatic carbocycles. The fourth-order valence-corrected chi connectivity index (χ4v) is 0.567. The van der Waals surface area contributed by atoms with Gasteiger partial charge in [0.05, 0.1) is 0 Å². The largest absolute Gasteiger partial charge is 0.0879 e. The lowest BCUT2D eigenvalue weighted by Gasteiger charge is -1.81. The van der Waals surface area contributed by atoms with Gasteiger partial charge in [0.2, 0.25) is 0 Å². The SMILES string of the molecule is CC(C)C#CBr. The zero-order valence-electron chi connectivity index (χ0n) is 3.96. The Kier molecular flexibility index (Phi) is 3.26. The van der Waals surface area contributed by atoms with Gasteiger partial charge in [0, 0.05) is 21.8 Å². The predicted octanol–water partition coefficient (Wildman–Crippen LogP) is 2.00. The Hall–Kier alpha value is 0.0400. The molecule has 0 heterocycles. The fourth-order valence-electron chi connectivity index (χ4n) is 0.109. The van der Waals surface area contributed by atoms with Crippen molar-refractivity contribution in [2.75, 3.05) is 0 Å². The summed E-state index contributed by atoms with van der Waals surface area (Å²) in [5.74, 6) is 3.37. The van der Waals surface area contributed by atoms with Crippen molar-refractivity contribution in [2.24, 2.45) is 5.92 Å². The van der Waals surface area contributed by atoms with Crippen LogP contribution in [0.25, 0.3) is 0 Å². The van der Waals surface area contributed by atoms with Gasteiger partial charge in [0.1, 0.15) is 0 Å². The molecule has 0 nitrogen and oxygen atoms in total. The third kappa shape index (κ3) is 4.04. The van der Waals surface area contributed by atoms with Crippen LogP contribution >= 0.6 is 15.9 Å². The van der Waals surface area contributed by atoms with Crippen LogP contribution in [-0.2, 0) is 0 Å². The molecule has 0 aromatic carbocycles. The van der Waals surface area contributed by atoms with Gasteiger partial charge in [-0.3, -0.25) is 0 Å². The van der Waals surface area contributed by atoms with E-state index in [1.807, 2.05) is 13.8 Å². The van der Waals surface area contributed by atoms with Crippen LogP contribution in [0.1, 0.15) is 13.8 Å². The minimum absolute atomic E-state index is 0.490. The minimum atomic E-state index is 0.490. The van der Waals surface area contributed by atoms with E-state index >= 15 is 0 Å². The van der Waals surface area contributed by atoms with E-state index in [1.54, 1.807) is 0 Å². The van der Waals surface area contributed by atoms with Gasteiger partial charge >= 0.3 is 0 Å². The van der Waals surface area contributed by atoms with Crippen LogP contribution in [0.4, 0.5) is 0 Å². The van der Waals surface area contributed by atoms with Crippen molar-refractivity contribution in [2.45, 2.75) is 13.8 Å². The maximum absolute atomic E-state index is 2.99. The molecule has 0 N–H and O–H groups in total. The molecule has 0 spiro atoms. The van der Waals surface area contributed by atoms with E-state index in [4.69, 9.17) is 0 Å². The average molecular weight is 147 g/mol. The van der Waals surface area contributed by atoms with Crippen LogP contribution in [0.2, 0.25) is 0 Å². The molecular weight excluding hydrogens is 140 g/mol. The number of halogens is 1. The van der Waals surface area contributed by atoms with Crippen molar-refractivity contribution in [3.05, 3.63) is 0 Å². The van der Waals surface area contributed by atoms with Gasteiger partial charge in [0.25, 0.3) is 0 Å². The smallest absolute Gasteiger partial charge is 0.0155 e. The lowest BCUT2D eigenvalue weighted by molar-refractivity contribution is 0.868. The second-order valence-electron chi connectivity index (χ2n) is 1.39. The third-order valence-electron chi connectivity index (χ3n) is 0.343. The third-order valence-corrected chi connectivity index (χ3v) is 0.572. The lowest BCUT2D eigenvalue weighted by Crippen LogP contribution is -1.73. The molecule has 0 atom stereocenters. The van der Waals surface area contributed by atoms with E-state index in [-0.39, 0.29) is 0 Å². The van der Waals surface area contributed by atoms with Crippen LogP contribution in [0.5, 0.6) is 0 Å². The monoisotopic (exact) mass is 146 g/mol. The summed E-state index contributed by atoms with van der Waals surface area (Å²) in [5.41, 5.74) is 0. The second-order valence-corrected chi connectivity index (χ2v) is 1.79. The zero-order chi connectivity index (χ0) is 4.99. The molecule has 6 heavy (non-hydrogen) atoms. The summed E-state index contributed by atoms with van der Waals surface area (Å²) in [5, 5.41) is 0. The normalized spacial score (nSPS) is 7.33. The first-order chi connectivity index (χ1) is 2.77. The fraction of sp³-hybridized carbons (Fsp3) is 0.600. The summed E-state index contributed by atoms with van der Waals surface area (Å²) < 4.78 is 0. The van der Waals surface area contributed by atoms with E-state index in [0.717, 1.165) is 0 Å². The molecular formula is C5H7Br. The van der Waals surface area contributed by atoms with E-state index in [1.165, 1.54) is 0 Å². The highest BCUT2D eigenvalue weighted by Gasteiger charge is 1.76. The first-order valence-corrected chi connectivity index (χ1v) is 2.68. The quantitative estimate of drug-likeness (QED) is 0.459. The van der Waals surface area contributed by atoms with Crippen molar-refractivity contribution in [3.63, 3.8) is 0 Å². The summed E-state index contributed by atoms with van der Waals surface area (Å²) in [6.45, 7) is 4.10. The molecule has 1 heteroatoms. The molecule has 0 rings (SSSR count). The van der Waals surface area contributed by atoms with Crippen molar-refractivity contribution >= 4 is 15.9 Å². The molecule has 34 valence electrons. The minimum Gasteiger partial charge on any atom is -0.0879 e. The number of hydrogen-bond acceptors (Lipinski definition) is 0. The topological polar surface area (TPSA) is 0 Å². The Bertz CT molecular complexity index is 73.7. The Morgan fingerprint density at radius 1 is 1.50 bits per heavy atom. The molecule has 0 aromatic rings. The highest BCUT2D eigenvalue weighted by Crippen LogP contribution is 1.86. The van der Waals surface area contributed by atoms with Gasteiger partial charge in [0.15, 0.2) is 0 Å². The maximum Gasteiger partial charge on any atom is 0.0155 e. The molecule has 0 radical (unpaired) electrons. The predicted molar refractivity (Wildman–Crippen MR) is 31.5 cm³/mol. The van der Waals surface area contributed by atoms with Gasteiger partial charge in [-0.05, 0) is 4.83 Å². The maximum atomic E-state index is 2.99. The van der Waals surface area contributed by atoms with Gasteiger partial charge in [-0.15, -0.1) is 0 Å². The summed E-state index contributed by atoms with van der Waals surface area (Å²) in [6, 6.07) is 0. The zero-order valence-corrected chi connectivity index (χ0v) is 5.54. The van der Waals surface area contributed by atoms with Crippen molar-refractivity contribution in [1.29, 1.82) is 0 Å². The molecule has 0 saturated heterocycles. The van der Waals surface area contributed by atoms with E-state index in [0.29, 0.717) is 5.92 Å². The summed E-state index contributed by atoms with van der Waals surface area (Å²) in [7, 11) is 0. The van der Waals surface area contributed by atoms with E-state index < -0.39 is 0 Å². The van der Waals surface area contributed by atoms with Crippen molar-refractivity contribution in [1.82, 2.24) is 0 Å². The molecule has 0 unspecified atom stereocenters. The summed E-state index contributed by atoms with van der Waals surface area (Å²) in [4.78, 5) is 2.63. The van der Waals surface area contributed by atoms with Crippen LogP contribution in [0, 0.1) is 16.7 Å². The van der Waals surface area contributed by atoms with Crippen molar-refractivity contribution < 1.29 is 0 Å². The molecule has 0 amide bonds. The first-order valence-electron chi connectivity index (χ1n) is 1.88. The highest BCUT2D eigenvalue weighted by atomic mass is 79.9. The average Bonchev–Trinajstić information content (AvgIpc) is 1.35. The molecule has 0 aromatic heterocycles. The Morgan fingerprint density at radius 2 is 2.00 bits per heavy atom. The van der Waals surface area contributed by atoms with E-state index in [9.17, 15) is 0 Å². The van der Waals surface area contributed by atoms with Gasteiger partial charge in [-0.2, -0.15) is 0 Å². The molecule has 0 aliphatic heterocycles. The molecule has 0 fully saturated rings. The highest BCUT2D eigenvalue weighted by molar-refractivity contribution is 9.12. The number of rotatable bonds is 0. The lowest BCUT2D eigenvalue weighted by atomic mass is 10.2. The van der Waals surface area contributed by atoms with Crippen LogP contribution in [0.15, 0.2) is 0 Å². The summed E-state index contributed by atoms with van der Waals surface area (Å²) >= 11 is 2.99. The van der Waals surface area contributed by atoms with E-state index in [2.05, 4.69) is 26.7 Å². The van der Waals surface area contributed by atoms with Gasteiger partial charge in [-0.25, -0.2) is 0 Å². The Labute approximate surface area is 47.1 Å².